The molecule has 5 heteroatoms. The van der Waals surface area contributed by atoms with E-state index in [2.05, 4.69) is 29.6 Å². The molecule has 2 aromatic rings. The Morgan fingerprint density at radius 3 is 2.35 bits per heavy atom. The van der Waals surface area contributed by atoms with Crippen molar-refractivity contribution in [1.82, 2.24) is 0 Å². The van der Waals surface area contributed by atoms with Crippen molar-refractivity contribution in [3.63, 3.8) is 0 Å². The Morgan fingerprint density at radius 1 is 1.00 bits per heavy atom. The van der Waals surface area contributed by atoms with Gasteiger partial charge in [-0.2, -0.15) is 0 Å². The fourth-order valence-electron chi connectivity index (χ4n) is 3.10. The topological polar surface area (TPSA) is 59.6 Å². The van der Waals surface area contributed by atoms with Crippen LogP contribution in [0.25, 0.3) is 0 Å². The Hall–Kier alpha value is -2.40. The van der Waals surface area contributed by atoms with Gasteiger partial charge in [0.15, 0.2) is 0 Å². The Morgan fingerprint density at radius 2 is 1.65 bits per heavy atom. The first-order chi connectivity index (χ1) is 11.2. The molecule has 2 aromatic carbocycles. The van der Waals surface area contributed by atoms with E-state index in [9.17, 15) is 10.1 Å². The molecule has 0 atom stereocenters. The van der Waals surface area contributed by atoms with Crippen molar-refractivity contribution < 1.29 is 9.82 Å². The number of anilines is 1. The highest BCUT2D eigenvalue weighted by molar-refractivity contribution is 5.61. The second-order valence-electron chi connectivity index (χ2n) is 6.08. The zero-order valence-electron chi connectivity index (χ0n) is 13.1. The third-order valence-electron chi connectivity index (χ3n) is 4.37. The van der Waals surface area contributed by atoms with Crippen LogP contribution in [0.2, 0.25) is 0 Å². The number of likely N-dealkylation sites (tertiary alicyclic amines) is 1. The molecule has 0 radical (unpaired) electrons. The number of nitrogens with zero attached hydrogens (tertiary/aromatic N) is 1. The van der Waals surface area contributed by atoms with Crippen molar-refractivity contribution in [3.05, 3.63) is 69.8 Å². The standard InChI is InChI=1S/C18H21N3O2/c22-21(23)18-6-2-1-5-17(18)19-13-15-7-9-16(10-8-15)14-20-11-3-4-12-20/h1-2,5-10,19H,3-4,11-14H2/p+1. The molecule has 1 saturated heterocycles. The summed E-state index contributed by atoms with van der Waals surface area (Å²) in [7, 11) is 0. The van der Waals surface area contributed by atoms with Gasteiger partial charge in [0.05, 0.1) is 18.0 Å². The van der Waals surface area contributed by atoms with Crippen LogP contribution in [0.3, 0.4) is 0 Å². The van der Waals surface area contributed by atoms with Crippen molar-refractivity contribution in [2.45, 2.75) is 25.9 Å². The first-order valence-corrected chi connectivity index (χ1v) is 8.11. The van der Waals surface area contributed by atoms with Crippen molar-refractivity contribution >= 4 is 11.4 Å². The van der Waals surface area contributed by atoms with Crippen LogP contribution in [0.5, 0.6) is 0 Å². The normalized spacial score (nSPS) is 14.8. The van der Waals surface area contributed by atoms with Crippen molar-refractivity contribution in [2.24, 2.45) is 0 Å². The number of hydrogen-bond donors (Lipinski definition) is 2. The minimum atomic E-state index is -0.357. The molecular weight excluding hydrogens is 290 g/mol. The maximum Gasteiger partial charge on any atom is 0.292 e. The monoisotopic (exact) mass is 312 g/mol. The molecule has 0 spiro atoms. The number of hydrogen-bond acceptors (Lipinski definition) is 3. The summed E-state index contributed by atoms with van der Waals surface area (Å²) in [6, 6.07) is 15.3. The van der Waals surface area contributed by atoms with Gasteiger partial charge in [0.25, 0.3) is 5.69 Å². The van der Waals surface area contributed by atoms with E-state index in [1.54, 1.807) is 23.1 Å². The average molecular weight is 312 g/mol. The number of para-hydroxylation sites is 2. The summed E-state index contributed by atoms with van der Waals surface area (Å²) < 4.78 is 0. The van der Waals surface area contributed by atoms with Crippen molar-refractivity contribution in [3.8, 4) is 0 Å². The highest BCUT2D eigenvalue weighted by atomic mass is 16.6. The van der Waals surface area contributed by atoms with Crippen LogP contribution in [-0.4, -0.2) is 18.0 Å². The van der Waals surface area contributed by atoms with E-state index in [1.165, 1.54) is 37.6 Å². The summed E-state index contributed by atoms with van der Waals surface area (Å²) >= 11 is 0. The van der Waals surface area contributed by atoms with Crippen LogP contribution in [0, 0.1) is 10.1 Å². The van der Waals surface area contributed by atoms with Crippen LogP contribution >= 0.6 is 0 Å². The maximum atomic E-state index is 11.0. The Kier molecular flexibility index (Phi) is 4.88. The predicted molar refractivity (Wildman–Crippen MR) is 90.5 cm³/mol. The quantitative estimate of drug-likeness (QED) is 0.636. The van der Waals surface area contributed by atoms with Gasteiger partial charge < -0.3 is 10.2 Å². The Bertz CT molecular complexity index is 664. The van der Waals surface area contributed by atoms with Crippen LogP contribution in [-0.2, 0) is 13.1 Å². The van der Waals surface area contributed by atoms with Crippen LogP contribution in [0.1, 0.15) is 24.0 Å². The highest BCUT2D eigenvalue weighted by Gasteiger charge is 2.15. The third-order valence-corrected chi connectivity index (χ3v) is 4.37. The molecule has 0 amide bonds. The second-order valence-corrected chi connectivity index (χ2v) is 6.08. The lowest BCUT2D eigenvalue weighted by Gasteiger charge is -2.12. The Labute approximate surface area is 136 Å². The lowest BCUT2D eigenvalue weighted by atomic mass is 10.1. The molecule has 0 aliphatic carbocycles. The number of benzene rings is 2. The lowest BCUT2D eigenvalue weighted by Crippen LogP contribution is -3.08. The van der Waals surface area contributed by atoms with E-state index in [4.69, 9.17) is 0 Å². The molecule has 0 bridgehead atoms. The summed E-state index contributed by atoms with van der Waals surface area (Å²) in [5, 5.41) is 14.2. The number of nitro groups is 1. The molecule has 3 rings (SSSR count). The van der Waals surface area contributed by atoms with Crippen molar-refractivity contribution in [1.29, 1.82) is 0 Å². The summed E-state index contributed by atoms with van der Waals surface area (Å²) in [6.07, 6.45) is 2.68. The molecule has 2 N–H and O–H groups in total. The average Bonchev–Trinajstić information content (AvgIpc) is 3.07. The minimum absolute atomic E-state index is 0.113. The molecule has 1 aliphatic rings. The lowest BCUT2D eigenvalue weighted by molar-refractivity contribution is -0.901. The summed E-state index contributed by atoms with van der Waals surface area (Å²) in [5.74, 6) is 0. The minimum Gasteiger partial charge on any atom is -0.375 e. The third kappa shape index (κ3) is 4.07. The van der Waals surface area contributed by atoms with E-state index in [1.807, 2.05) is 0 Å². The van der Waals surface area contributed by atoms with Crippen molar-refractivity contribution in [2.75, 3.05) is 18.4 Å². The van der Waals surface area contributed by atoms with E-state index < -0.39 is 0 Å². The molecule has 120 valence electrons. The first-order valence-electron chi connectivity index (χ1n) is 8.11. The van der Waals surface area contributed by atoms with Gasteiger partial charge in [-0.15, -0.1) is 0 Å². The van der Waals surface area contributed by atoms with Crippen LogP contribution < -0.4 is 10.2 Å². The zero-order valence-corrected chi connectivity index (χ0v) is 13.1. The van der Waals surface area contributed by atoms with Gasteiger partial charge in [0.2, 0.25) is 0 Å². The van der Waals surface area contributed by atoms with Gasteiger partial charge in [-0.05, 0) is 11.6 Å². The molecule has 0 aromatic heterocycles. The Balaban J connectivity index is 1.59. The van der Waals surface area contributed by atoms with Gasteiger partial charge >= 0.3 is 0 Å². The number of nitro benzene ring substituents is 1. The molecule has 23 heavy (non-hydrogen) atoms. The van der Waals surface area contributed by atoms with E-state index >= 15 is 0 Å². The summed E-state index contributed by atoms with van der Waals surface area (Å²) in [6.45, 7) is 4.24. The van der Waals surface area contributed by atoms with Gasteiger partial charge in [0, 0.05) is 31.0 Å². The predicted octanol–water partition coefficient (Wildman–Crippen LogP) is 2.39. The molecular formula is C18H22N3O2+. The summed E-state index contributed by atoms with van der Waals surface area (Å²) in [4.78, 5) is 12.3. The van der Waals surface area contributed by atoms with Crippen LogP contribution in [0.15, 0.2) is 48.5 Å². The van der Waals surface area contributed by atoms with E-state index in [-0.39, 0.29) is 10.6 Å². The number of rotatable bonds is 6. The largest absolute Gasteiger partial charge is 0.375 e. The van der Waals surface area contributed by atoms with Gasteiger partial charge in [-0.3, -0.25) is 10.1 Å². The summed E-state index contributed by atoms with van der Waals surface area (Å²) in [5.41, 5.74) is 3.16. The first kappa shape index (κ1) is 15.5. The number of quaternary nitrogens is 1. The molecule has 0 saturated carbocycles. The van der Waals surface area contributed by atoms with Crippen LogP contribution in [0.4, 0.5) is 11.4 Å². The maximum absolute atomic E-state index is 11.0. The SMILES string of the molecule is O=[N+]([O-])c1ccccc1NCc1ccc(C[NH+]2CCCC2)cc1. The highest BCUT2D eigenvalue weighted by Crippen LogP contribution is 2.23. The molecule has 1 heterocycles. The van der Waals surface area contributed by atoms with Gasteiger partial charge in [0.1, 0.15) is 12.2 Å². The smallest absolute Gasteiger partial charge is 0.292 e. The fourth-order valence-corrected chi connectivity index (χ4v) is 3.10. The molecule has 1 aliphatic heterocycles. The molecule has 5 nitrogen and oxygen atoms in total. The molecule has 1 fully saturated rings. The number of nitrogens with one attached hydrogen (secondary N) is 2. The fraction of sp³-hybridized carbons (Fsp3) is 0.333. The van der Waals surface area contributed by atoms with Gasteiger partial charge in [-0.1, -0.05) is 36.4 Å². The van der Waals surface area contributed by atoms with Gasteiger partial charge in [-0.25, -0.2) is 0 Å². The molecule has 0 unspecified atom stereocenters. The zero-order chi connectivity index (χ0) is 16.1. The van der Waals surface area contributed by atoms with E-state index in [0.29, 0.717) is 12.2 Å². The second kappa shape index (κ2) is 7.24. The van der Waals surface area contributed by atoms with E-state index in [0.717, 1.165) is 12.1 Å².